The first-order valence-electron chi connectivity index (χ1n) is 6.53. The Balaban J connectivity index is 1.94. The lowest BCUT2D eigenvalue weighted by Crippen LogP contribution is -1.88. The summed E-state index contributed by atoms with van der Waals surface area (Å²) in [6, 6.07) is 8.58. The summed E-state index contributed by atoms with van der Waals surface area (Å²) in [6.45, 7) is 4.02. The van der Waals surface area contributed by atoms with Gasteiger partial charge < -0.3 is 11.5 Å². The Bertz CT molecular complexity index is 811. The number of allylic oxidation sites excluding steroid dienone is 4. The van der Waals surface area contributed by atoms with Gasteiger partial charge in [0.1, 0.15) is 0 Å². The molecule has 0 unspecified atom stereocenters. The van der Waals surface area contributed by atoms with Gasteiger partial charge in [-0.05, 0) is 49.8 Å². The van der Waals surface area contributed by atoms with Gasteiger partial charge in [-0.3, -0.25) is 0 Å². The summed E-state index contributed by atoms with van der Waals surface area (Å²) in [5.41, 5.74) is 13.6. The van der Waals surface area contributed by atoms with Crippen molar-refractivity contribution < 1.29 is 0 Å². The summed E-state index contributed by atoms with van der Waals surface area (Å²) in [7, 11) is 0. The first kappa shape index (κ1) is 14.4. The number of rotatable bonds is 3. The first-order valence-corrected chi connectivity index (χ1v) is 8.98. The molecule has 0 amide bonds. The molecule has 0 saturated heterocycles. The molecule has 0 bridgehead atoms. The lowest BCUT2D eigenvalue weighted by atomic mass is 10.2. The molecule has 21 heavy (non-hydrogen) atoms. The second kappa shape index (κ2) is 5.67. The van der Waals surface area contributed by atoms with E-state index in [1.165, 1.54) is 29.6 Å². The Labute approximate surface area is 136 Å². The van der Waals surface area contributed by atoms with Crippen molar-refractivity contribution in [1.29, 1.82) is 0 Å². The molecule has 5 heteroatoms. The number of fused-ring (bicyclic) bond motifs is 1. The van der Waals surface area contributed by atoms with Crippen molar-refractivity contribution in [2.24, 2.45) is 5.73 Å². The zero-order valence-electron chi connectivity index (χ0n) is 11.8. The maximum atomic E-state index is 5.81. The van der Waals surface area contributed by atoms with Crippen LogP contribution in [0.3, 0.4) is 0 Å². The number of hydrogen-bond acceptors (Lipinski definition) is 5. The fourth-order valence-electron chi connectivity index (χ4n) is 1.98. The maximum Gasteiger partial charge on any atom is 0.0863 e. The molecular weight excluding hydrogens is 316 g/mol. The molecule has 0 aliphatic carbocycles. The number of thiophene rings is 3. The number of nitrogens with two attached hydrogens (primary N) is 2. The standard InChI is InChI=1S/C16H16N2S3/c1-9(3-4-10(2)17)12-7-14-15(19-12)8-13(20-14)11-5-6-16(18)21-11/h3-8H,17-18H2,1-2H3/b9-3+,10-4+. The molecule has 0 spiro atoms. The van der Waals surface area contributed by atoms with Gasteiger partial charge in [0.15, 0.2) is 0 Å². The molecule has 0 saturated carbocycles. The summed E-state index contributed by atoms with van der Waals surface area (Å²) in [6.07, 6.45) is 4.02. The molecule has 3 rings (SSSR count). The maximum absolute atomic E-state index is 5.81. The first-order chi connectivity index (χ1) is 10.0. The number of nitrogen functional groups attached to an aromatic ring is 1. The van der Waals surface area contributed by atoms with Crippen LogP contribution in [-0.4, -0.2) is 0 Å². The van der Waals surface area contributed by atoms with Crippen LogP contribution in [0, 0.1) is 0 Å². The summed E-state index contributed by atoms with van der Waals surface area (Å²) in [5, 5.41) is 0.866. The second-order valence-corrected chi connectivity index (χ2v) is 8.20. The van der Waals surface area contributed by atoms with Crippen molar-refractivity contribution in [3.63, 3.8) is 0 Å². The van der Waals surface area contributed by atoms with Crippen molar-refractivity contribution in [2.45, 2.75) is 13.8 Å². The Kier molecular flexibility index (Phi) is 3.89. The minimum Gasteiger partial charge on any atom is -0.402 e. The molecule has 4 N–H and O–H groups in total. The molecule has 0 fully saturated rings. The Hall–Kier alpha value is -1.56. The Morgan fingerprint density at radius 3 is 2.33 bits per heavy atom. The highest BCUT2D eigenvalue weighted by Gasteiger charge is 2.10. The minimum absolute atomic E-state index is 0.824. The van der Waals surface area contributed by atoms with E-state index in [1.54, 1.807) is 11.3 Å². The second-order valence-electron chi connectivity index (χ2n) is 4.91. The zero-order chi connectivity index (χ0) is 15.0. The van der Waals surface area contributed by atoms with Crippen LogP contribution in [0.2, 0.25) is 0 Å². The molecule has 3 heterocycles. The van der Waals surface area contributed by atoms with E-state index in [0.717, 1.165) is 10.7 Å². The van der Waals surface area contributed by atoms with Crippen molar-refractivity contribution in [1.82, 2.24) is 0 Å². The minimum atomic E-state index is 0.824. The van der Waals surface area contributed by atoms with Gasteiger partial charge in [0.05, 0.1) is 5.00 Å². The van der Waals surface area contributed by atoms with Crippen LogP contribution >= 0.6 is 34.0 Å². The Morgan fingerprint density at radius 1 is 0.952 bits per heavy atom. The normalized spacial score (nSPS) is 13.2. The number of hydrogen-bond donors (Lipinski definition) is 2. The van der Waals surface area contributed by atoms with E-state index in [4.69, 9.17) is 11.5 Å². The summed E-state index contributed by atoms with van der Waals surface area (Å²) in [5.74, 6) is 0. The summed E-state index contributed by atoms with van der Waals surface area (Å²) >= 11 is 5.29. The monoisotopic (exact) mass is 332 g/mol. The summed E-state index contributed by atoms with van der Waals surface area (Å²) < 4.78 is 2.66. The van der Waals surface area contributed by atoms with Crippen molar-refractivity contribution in [3.05, 3.63) is 47.0 Å². The lowest BCUT2D eigenvalue weighted by molar-refractivity contribution is 1.32. The topological polar surface area (TPSA) is 52.0 Å². The SMILES string of the molecule is C/C(N)=C\C=C(/C)c1cc2sc(-c3ccc(N)s3)cc2s1. The van der Waals surface area contributed by atoms with E-state index in [2.05, 4.69) is 31.2 Å². The average Bonchev–Trinajstić information content (AvgIpc) is 3.08. The molecule has 3 aromatic rings. The van der Waals surface area contributed by atoms with E-state index in [0.29, 0.717) is 0 Å². The summed E-state index contributed by atoms with van der Waals surface area (Å²) in [4.78, 5) is 3.84. The van der Waals surface area contributed by atoms with E-state index in [9.17, 15) is 0 Å². The molecule has 108 valence electrons. The smallest absolute Gasteiger partial charge is 0.0863 e. The van der Waals surface area contributed by atoms with Gasteiger partial charge in [0.2, 0.25) is 0 Å². The van der Waals surface area contributed by atoms with Crippen LogP contribution in [0.5, 0.6) is 0 Å². The van der Waals surface area contributed by atoms with Crippen LogP contribution < -0.4 is 11.5 Å². The fraction of sp³-hybridized carbons (Fsp3) is 0.125. The van der Waals surface area contributed by atoms with Gasteiger partial charge in [0.25, 0.3) is 0 Å². The van der Waals surface area contributed by atoms with Gasteiger partial charge in [-0.15, -0.1) is 34.0 Å². The average molecular weight is 333 g/mol. The van der Waals surface area contributed by atoms with Gasteiger partial charge in [-0.2, -0.15) is 0 Å². The van der Waals surface area contributed by atoms with Crippen LogP contribution in [0.25, 0.3) is 24.7 Å². The van der Waals surface area contributed by atoms with Crippen LogP contribution in [0.15, 0.2) is 42.1 Å². The van der Waals surface area contributed by atoms with Gasteiger partial charge in [-0.1, -0.05) is 6.08 Å². The highest BCUT2D eigenvalue weighted by atomic mass is 32.1. The molecule has 2 nitrogen and oxygen atoms in total. The van der Waals surface area contributed by atoms with Crippen LogP contribution in [0.4, 0.5) is 5.00 Å². The van der Waals surface area contributed by atoms with Crippen molar-refractivity contribution >= 4 is 54.0 Å². The molecule has 0 atom stereocenters. The number of anilines is 1. The van der Waals surface area contributed by atoms with Crippen molar-refractivity contribution in [2.75, 3.05) is 5.73 Å². The molecule has 0 aromatic carbocycles. The highest BCUT2D eigenvalue weighted by Crippen LogP contribution is 2.42. The van der Waals surface area contributed by atoms with E-state index >= 15 is 0 Å². The van der Waals surface area contributed by atoms with Crippen LogP contribution in [-0.2, 0) is 0 Å². The third-order valence-electron chi connectivity index (χ3n) is 3.06. The third kappa shape index (κ3) is 3.05. The predicted octanol–water partition coefficient (Wildman–Crippen LogP) is 5.54. The fourth-order valence-corrected chi connectivity index (χ4v) is 5.21. The largest absolute Gasteiger partial charge is 0.402 e. The molecule has 0 aliphatic rings. The van der Waals surface area contributed by atoms with E-state index in [-0.39, 0.29) is 0 Å². The van der Waals surface area contributed by atoms with Gasteiger partial charge >= 0.3 is 0 Å². The quantitative estimate of drug-likeness (QED) is 0.619. The molecule has 0 aliphatic heterocycles. The van der Waals surface area contributed by atoms with E-state index in [1.807, 2.05) is 41.7 Å². The zero-order valence-corrected chi connectivity index (χ0v) is 14.3. The molecule has 3 aromatic heterocycles. The van der Waals surface area contributed by atoms with Crippen molar-refractivity contribution in [3.8, 4) is 9.75 Å². The predicted molar refractivity (Wildman–Crippen MR) is 99.0 cm³/mol. The third-order valence-corrected chi connectivity index (χ3v) is 6.60. The molecule has 0 radical (unpaired) electrons. The van der Waals surface area contributed by atoms with Gasteiger partial charge in [0, 0.05) is 29.7 Å². The highest BCUT2D eigenvalue weighted by molar-refractivity contribution is 7.31. The Morgan fingerprint density at radius 2 is 1.71 bits per heavy atom. The van der Waals surface area contributed by atoms with E-state index < -0.39 is 0 Å². The lowest BCUT2D eigenvalue weighted by Gasteiger charge is -1.94. The van der Waals surface area contributed by atoms with Gasteiger partial charge in [-0.25, -0.2) is 0 Å². The molecular formula is C16H16N2S3. The van der Waals surface area contributed by atoms with Crippen LogP contribution in [0.1, 0.15) is 18.7 Å².